The molecule has 0 heterocycles. The number of hydrogen-bond donors (Lipinski definition) is 1. The standard InChI is InChI=1S/C9H6O2.Cs/c10-9(11)7-6-8-4-2-1-3-5-8;/h1-5H,(H,10,11);. The van der Waals surface area contributed by atoms with E-state index in [1.165, 1.54) is 0 Å². The average Bonchev–Trinajstić information content (AvgIpc) is 2.03. The number of hydrogen-bond acceptors (Lipinski definition) is 1. The number of carboxylic acids is 1. The Hall–Kier alpha value is 0.302. The topological polar surface area (TPSA) is 37.3 Å². The van der Waals surface area contributed by atoms with Crippen LogP contribution in [-0.2, 0) is 4.79 Å². The summed E-state index contributed by atoms with van der Waals surface area (Å²) in [6, 6.07) is 9.00. The van der Waals surface area contributed by atoms with Crippen molar-refractivity contribution in [2.75, 3.05) is 0 Å². The van der Waals surface area contributed by atoms with Crippen LogP contribution in [0, 0.1) is 11.8 Å². The van der Waals surface area contributed by atoms with Crippen LogP contribution in [0.3, 0.4) is 0 Å². The largest absolute Gasteiger partial charge is 0.472 e. The summed E-state index contributed by atoms with van der Waals surface area (Å²) in [6.07, 6.45) is 0. The molecule has 1 N–H and O–H groups in total. The third-order valence-corrected chi connectivity index (χ3v) is 1.09. The van der Waals surface area contributed by atoms with E-state index in [0.29, 0.717) is 0 Å². The van der Waals surface area contributed by atoms with Crippen molar-refractivity contribution in [3.63, 3.8) is 0 Å². The van der Waals surface area contributed by atoms with Crippen LogP contribution in [0.5, 0.6) is 0 Å². The number of rotatable bonds is 0. The number of carboxylic acid groups (broad SMARTS) is 1. The quantitative estimate of drug-likeness (QED) is 0.711. The molecular formula is C9H6CsO2. The summed E-state index contributed by atoms with van der Waals surface area (Å²) in [5.41, 5.74) is 0.718. The molecule has 0 saturated carbocycles. The Kier molecular flexibility index (Phi) is 6.95. The number of aliphatic carboxylic acids is 1. The van der Waals surface area contributed by atoms with Crippen LogP contribution in [0.25, 0.3) is 0 Å². The van der Waals surface area contributed by atoms with Crippen LogP contribution in [0.2, 0.25) is 0 Å². The molecule has 0 amide bonds. The van der Waals surface area contributed by atoms with Crippen molar-refractivity contribution in [3.05, 3.63) is 35.9 Å². The fourth-order valence-electron chi connectivity index (χ4n) is 0.647. The maximum absolute atomic E-state index is 10.00. The first-order valence-electron chi connectivity index (χ1n) is 3.09. The molecule has 0 aliphatic heterocycles. The van der Waals surface area contributed by atoms with Gasteiger partial charge in [-0.15, -0.1) is 0 Å². The van der Waals surface area contributed by atoms with E-state index in [0.717, 1.165) is 5.56 Å². The van der Waals surface area contributed by atoms with Gasteiger partial charge in [0, 0.05) is 80.4 Å². The van der Waals surface area contributed by atoms with E-state index >= 15 is 0 Å². The van der Waals surface area contributed by atoms with Crippen molar-refractivity contribution >= 4 is 74.9 Å². The molecule has 0 fully saturated rings. The van der Waals surface area contributed by atoms with Crippen molar-refractivity contribution in [3.8, 4) is 11.8 Å². The van der Waals surface area contributed by atoms with Gasteiger partial charge in [0.2, 0.25) is 0 Å². The molecule has 3 heteroatoms. The molecule has 0 aromatic heterocycles. The van der Waals surface area contributed by atoms with E-state index in [1.54, 1.807) is 12.1 Å². The Morgan fingerprint density at radius 3 is 2.33 bits per heavy atom. The number of carbonyl (C=O) groups is 1. The zero-order valence-electron chi connectivity index (χ0n) is 6.74. The van der Waals surface area contributed by atoms with Gasteiger partial charge in [0.15, 0.2) is 0 Å². The minimum absolute atomic E-state index is 0. The smallest absolute Gasteiger partial charge is 0.382 e. The Morgan fingerprint density at radius 1 is 1.25 bits per heavy atom. The second-order valence-electron chi connectivity index (χ2n) is 1.92. The fourth-order valence-corrected chi connectivity index (χ4v) is 0.647. The molecule has 1 aromatic rings. The summed E-state index contributed by atoms with van der Waals surface area (Å²) in [5, 5.41) is 8.20. The van der Waals surface area contributed by atoms with E-state index in [4.69, 9.17) is 5.11 Å². The summed E-state index contributed by atoms with van der Waals surface area (Å²) in [7, 11) is 0. The van der Waals surface area contributed by atoms with Gasteiger partial charge in [0.1, 0.15) is 0 Å². The SMILES string of the molecule is O=C(O)C#Cc1ccccc1.[Cs]. The zero-order chi connectivity index (χ0) is 8.10. The van der Waals surface area contributed by atoms with Gasteiger partial charge >= 0.3 is 5.97 Å². The molecule has 0 bridgehead atoms. The fraction of sp³-hybridized carbons (Fsp3) is 0. The summed E-state index contributed by atoms with van der Waals surface area (Å²) in [6.45, 7) is 0. The van der Waals surface area contributed by atoms with Gasteiger partial charge < -0.3 is 5.11 Å². The van der Waals surface area contributed by atoms with E-state index in [-0.39, 0.29) is 68.9 Å². The van der Waals surface area contributed by atoms with Crippen molar-refractivity contribution in [2.45, 2.75) is 0 Å². The minimum atomic E-state index is -1.10. The van der Waals surface area contributed by atoms with Gasteiger partial charge in [0.25, 0.3) is 0 Å². The third-order valence-electron chi connectivity index (χ3n) is 1.09. The van der Waals surface area contributed by atoms with Crippen LogP contribution in [0.4, 0.5) is 0 Å². The summed E-state index contributed by atoms with van der Waals surface area (Å²) in [4.78, 5) is 10.00. The molecule has 1 radical (unpaired) electrons. The third kappa shape index (κ3) is 5.04. The molecule has 55 valence electrons. The van der Waals surface area contributed by atoms with E-state index < -0.39 is 5.97 Å². The van der Waals surface area contributed by atoms with Crippen LogP contribution in [-0.4, -0.2) is 80.0 Å². The minimum Gasteiger partial charge on any atom is -0.472 e. The van der Waals surface area contributed by atoms with Gasteiger partial charge in [-0.25, -0.2) is 4.79 Å². The van der Waals surface area contributed by atoms with Gasteiger partial charge in [-0.2, -0.15) is 0 Å². The summed E-state index contributed by atoms with van der Waals surface area (Å²) >= 11 is 0. The van der Waals surface area contributed by atoms with E-state index in [2.05, 4.69) is 5.92 Å². The van der Waals surface area contributed by atoms with E-state index in [1.807, 2.05) is 24.1 Å². The molecule has 1 aromatic carbocycles. The Labute approximate surface area is 130 Å². The van der Waals surface area contributed by atoms with Crippen molar-refractivity contribution in [1.82, 2.24) is 0 Å². The van der Waals surface area contributed by atoms with Crippen LogP contribution < -0.4 is 0 Å². The molecule has 1 rings (SSSR count). The maximum atomic E-state index is 10.00. The Balaban J connectivity index is 0.00000121. The molecule has 0 spiro atoms. The Bertz CT molecular complexity index is 308. The normalized spacial score (nSPS) is 7.33. The Morgan fingerprint density at radius 2 is 1.83 bits per heavy atom. The predicted molar refractivity (Wildman–Crippen MR) is 46.7 cm³/mol. The van der Waals surface area contributed by atoms with Gasteiger partial charge in [-0.05, 0) is 12.1 Å². The maximum Gasteiger partial charge on any atom is 0.382 e. The van der Waals surface area contributed by atoms with Gasteiger partial charge in [-0.1, -0.05) is 24.1 Å². The molecule has 0 unspecified atom stereocenters. The van der Waals surface area contributed by atoms with Crippen LogP contribution >= 0.6 is 0 Å². The first-order valence-corrected chi connectivity index (χ1v) is 3.09. The monoisotopic (exact) mass is 279 g/mol. The predicted octanol–water partition coefficient (Wildman–Crippen LogP) is 0.742. The summed E-state index contributed by atoms with van der Waals surface area (Å²) < 4.78 is 0. The summed E-state index contributed by atoms with van der Waals surface area (Å²) in [5.74, 6) is 3.42. The van der Waals surface area contributed by atoms with Crippen molar-refractivity contribution in [2.24, 2.45) is 0 Å². The van der Waals surface area contributed by atoms with Crippen LogP contribution in [0.1, 0.15) is 5.56 Å². The second kappa shape index (κ2) is 6.78. The molecule has 0 aliphatic rings. The molecule has 0 aliphatic carbocycles. The van der Waals surface area contributed by atoms with Crippen LogP contribution in [0.15, 0.2) is 30.3 Å². The van der Waals surface area contributed by atoms with Gasteiger partial charge in [-0.3, -0.25) is 0 Å². The van der Waals surface area contributed by atoms with Gasteiger partial charge in [0.05, 0.1) is 0 Å². The molecule has 12 heavy (non-hydrogen) atoms. The molecule has 0 saturated heterocycles. The average molecular weight is 279 g/mol. The molecular weight excluding hydrogens is 273 g/mol. The first-order chi connectivity index (χ1) is 5.29. The molecule has 0 atom stereocenters. The van der Waals surface area contributed by atoms with Crippen molar-refractivity contribution < 1.29 is 9.90 Å². The molecule has 2 nitrogen and oxygen atoms in total. The number of benzene rings is 1. The van der Waals surface area contributed by atoms with E-state index in [9.17, 15) is 4.79 Å². The zero-order valence-corrected chi connectivity index (χ0v) is 13.0. The second-order valence-corrected chi connectivity index (χ2v) is 1.92. The van der Waals surface area contributed by atoms with Crippen molar-refractivity contribution in [1.29, 1.82) is 0 Å². The first kappa shape index (κ1) is 12.3.